The van der Waals surface area contributed by atoms with Crippen molar-refractivity contribution in [1.82, 2.24) is 9.88 Å². The Bertz CT molecular complexity index is 494. The molecule has 2 atom stereocenters. The van der Waals surface area contributed by atoms with Gasteiger partial charge in [-0.1, -0.05) is 0 Å². The van der Waals surface area contributed by atoms with Crippen LogP contribution in [0.5, 0.6) is 0 Å². The summed E-state index contributed by atoms with van der Waals surface area (Å²) >= 11 is 3.15. The molecule has 18 heavy (non-hydrogen) atoms. The number of aromatic nitrogens is 1. The Kier molecular flexibility index (Phi) is 3.63. The van der Waals surface area contributed by atoms with Gasteiger partial charge in [0.2, 0.25) is 0 Å². The van der Waals surface area contributed by atoms with Crippen molar-refractivity contribution in [2.75, 3.05) is 6.54 Å². The van der Waals surface area contributed by atoms with Gasteiger partial charge in [0.25, 0.3) is 5.91 Å². The smallest absolute Gasteiger partial charge is 0.326 e. The number of aliphatic hydroxyl groups is 1. The number of aliphatic hydroxyl groups excluding tert-OH is 1. The molecule has 0 unspecified atom stereocenters. The van der Waals surface area contributed by atoms with Crippen molar-refractivity contribution < 1.29 is 19.8 Å². The van der Waals surface area contributed by atoms with Crippen LogP contribution in [0.3, 0.4) is 0 Å². The van der Waals surface area contributed by atoms with Gasteiger partial charge in [0.15, 0.2) is 0 Å². The molecule has 1 aliphatic heterocycles. The van der Waals surface area contributed by atoms with Gasteiger partial charge in [-0.15, -0.1) is 0 Å². The van der Waals surface area contributed by atoms with E-state index >= 15 is 0 Å². The number of likely N-dealkylation sites (tertiary alicyclic amines) is 1. The molecule has 0 spiro atoms. The highest BCUT2D eigenvalue weighted by atomic mass is 79.9. The number of hydrogen-bond acceptors (Lipinski definition) is 4. The van der Waals surface area contributed by atoms with E-state index in [1.807, 2.05) is 0 Å². The molecular formula is C11H11BrN2O4. The topological polar surface area (TPSA) is 90.7 Å². The summed E-state index contributed by atoms with van der Waals surface area (Å²) in [6, 6.07) is 2.17. The van der Waals surface area contributed by atoms with Gasteiger partial charge in [0.05, 0.1) is 11.7 Å². The van der Waals surface area contributed by atoms with Gasteiger partial charge >= 0.3 is 5.97 Å². The zero-order valence-electron chi connectivity index (χ0n) is 9.28. The maximum absolute atomic E-state index is 12.2. The van der Waals surface area contributed by atoms with Crippen LogP contribution in [0.4, 0.5) is 0 Å². The van der Waals surface area contributed by atoms with Crippen molar-refractivity contribution >= 4 is 27.8 Å². The zero-order chi connectivity index (χ0) is 13.3. The minimum absolute atomic E-state index is 0.0249. The number of rotatable bonds is 2. The Balaban J connectivity index is 2.28. The molecule has 6 nitrogen and oxygen atoms in total. The first-order chi connectivity index (χ1) is 8.50. The number of amides is 1. The van der Waals surface area contributed by atoms with Crippen LogP contribution < -0.4 is 0 Å². The number of hydrogen-bond donors (Lipinski definition) is 2. The van der Waals surface area contributed by atoms with Gasteiger partial charge in [-0.2, -0.15) is 0 Å². The molecule has 2 rings (SSSR count). The largest absolute Gasteiger partial charge is 0.480 e. The second-order valence-electron chi connectivity index (χ2n) is 4.04. The molecule has 1 aromatic heterocycles. The lowest BCUT2D eigenvalue weighted by Crippen LogP contribution is -2.40. The van der Waals surface area contributed by atoms with Crippen molar-refractivity contribution in [3.05, 3.63) is 28.5 Å². The van der Waals surface area contributed by atoms with Crippen LogP contribution >= 0.6 is 15.9 Å². The number of carboxylic acid groups (broad SMARTS) is 1. The highest BCUT2D eigenvalue weighted by Gasteiger charge is 2.39. The van der Waals surface area contributed by atoms with Crippen molar-refractivity contribution in [2.45, 2.75) is 18.6 Å². The highest BCUT2D eigenvalue weighted by molar-refractivity contribution is 9.10. The van der Waals surface area contributed by atoms with Crippen LogP contribution in [0, 0.1) is 0 Å². The third-order valence-electron chi connectivity index (χ3n) is 2.81. The Morgan fingerprint density at radius 3 is 2.83 bits per heavy atom. The first-order valence-corrected chi connectivity index (χ1v) is 6.12. The molecule has 1 fully saturated rings. The lowest BCUT2D eigenvalue weighted by Gasteiger charge is -2.21. The van der Waals surface area contributed by atoms with E-state index in [9.17, 15) is 14.7 Å². The average Bonchev–Trinajstić information content (AvgIpc) is 2.71. The first-order valence-electron chi connectivity index (χ1n) is 5.33. The van der Waals surface area contributed by atoms with E-state index in [1.54, 1.807) is 12.1 Å². The summed E-state index contributed by atoms with van der Waals surface area (Å²) in [5, 5.41) is 18.5. The normalized spacial score (nSPS) is 23.1. The fourth-order valence-corrected chi connectivity index (χ4v) is 2.39. The van der Waals surface area contributed by atoms with Gasteiger partial charge in [0, 0.05) is 19.2 Å². The van der Waals surface area contributed by atoms with E-state index in [1.165, 1.54) is 6.20 Å². The van der Waals surface area contributed by atoms with E-state index in [4.69, 9.17) is 5.11 Å². The summed E-state index contributed by atoms with van der Waals surface area (Å²) in [7, 11) is 0. The number of β-amino-alcohol motifs (C(OH)–C–C–N with tert-alkyl or cyclic N) is 1. The van der Waals surface area contributed by atoms with E-state index in [0.29, 0.717) is 4.60 Å². The molecule has 0 aromatic carbocycles. The van der Waals surface area contributed by atoms with Gasteiger partial charge in [0.1, 0.15) is 10.6 Å². The molecule has 1 saturated heterocycles. The maximum atomic E-state index is 12.2. The number of aliphatic carboxylic acids is 1. The molecule has 1 aromatic rings. The van der Waals surface area contributed by atoms with E-state index in [2.05, 4.69) is 20.9 Å². The molecule has 0 radical (unpaired) electrons. The lowest BCUT2D eigenvalue weighted by molar-refractivity contribution is -0.141. The van der Waals surface area contributed by atoms with Gasteiger partial charge in [-0.05, 0) is 28.1 Å². The van der Waals surface area contributed by atoms with Crippen molar-refractivity contribution in [2.24, 2.45) is 0 Å². The summed E-state index contributed by atoms with van der Waals surface area (Å²) in [6.45, 7) is 0.0249. The monoisotopic (exact) mass is 314 g/mol. The number of carbonyl (C=O) groups excluding carboxylic acids is 1. The number of pyridine rings is 1. The highest BCUT2D eigenvalue weighted by Crippen LogP contribution is 2.23. The third-order valence-corrected chi connectivity index (χ3v) is 3.45. The van der Waals surface area contributed by atoms with Crippen molar-refractivity contribution in [1.29, 1.82) is 0 Å². The molecule has 7 heteroatoms. The number of carbonyl (C=O) groups is 2. The Hall–Kier alpha value is -1.47. The number of carboxylic acids is 1. The predicted octanol–water partition coefficient (Wildman–Crippen LogP) is 0.504. The summed E-state index contributed by atoms with van der Waals surface area (Å²) in [6.07, 6.45) is 0.776. The molecule has 2 N–H and O–H groups in total. The molecule has 2 heterocycles. The van der Waals surface area contributed by atoms with Crippen LogP contribution in [0.2, 0.25) is 0 Å². The second kappa shape index (κ2) is 5.03. The molecular weight excluding hydrogens is 304 g/mol. The number of nitrogens with zero attached hydrogens (tertiary/aromatic N) is 2. The summed E-state index contributed by atoms with van der Waals surface area (Å²) in [5.74, 6) is -1.56. The van der Waals surface area contributed by atoms with Crippen molar-refractivity contribution in [3.8, 4) is 0 Å². The lowest BCUT2D eigenvalue weighted by atomic mass is 10.2. The minimum Gasteiger partial charge on any atom is -0.480 e. The Morgan fingerprint density at radius 2 is 2.22 bits per heavy atom. The first kappa shape index (κ1) is 13.0. The summed E-state index contributed by atoms with van der Waals surface area (Å²) in [5.41, 5.74) is 0.290. The van der Waals surface area contributed by atoms with Crippen molar-refractivity contribution in [3.63, 3.8) is 0 Å². The SMILES string of the molecule is O=C(O)[C@@H]1C[C@H](O)CN1C(=O)c1cccnc1Br. The summed E-state index contributed by atoms with van der Waals surface area (Å²) in [4.78, 5) is 28.3. The van der Waals surface area contributed by atoms with E-state index in [-0.39, 0.29) is 18.5 Å². The maximum Gasteiger partial charge on any atom is 0.326 e. The average molecular weight is 315 g/mol. The second-order valence-corrected chi connectivity index (χ2v) is 4.79. The van der Waals surface area contributed by atoms with Gasteiger partial charge < -0.3 is 15.1 Å². The molecule has 96 valence electrons. The Morgan fingerprint density at radius 1 is 1.50 bits per heavy atom. The quantitative estimate of drug-likeness (QED) is 0.776. The molecule has 0 bridgehead atoms. The zero-order valence-corrected chi connectivity index (χ0v) is 10.9. The van der Waals surface area contributed by atoms with E-state index in [0.717, 1.165) is 4.90 Å². The van der Waals surface area contributed by atoms with Gasteiger partial charge in [-0.3, -0.25) is 4.79 Å². The Labute approximate surface area is 111 Å². The molecule has 0 aliphatic carbocycles. The summed E-state index contributed by atoms with van der Waals surface area (Å²) < 4.78 is 0.362. The minimum atomic E-state index is -1.11. The molecule has 1 aliphatic rings. The van der Waals surface area contributed by atoms with Crippen LogP contribution in [0.1, 0.15) is 16.8 Å². The van der Waals surface area contributed by atoms with E-state index < -0.39 is 24.0 Å². The van der Waals surface area contributed by atoms with Crippen LogP contribution in [0.15, 0.2) is 22.9 Å². The fourth-order valence-electron chi connectivity index (χ4n) is 1.97. The predicted molar refractivity (Wildman–Crippen MR) is 65.0 cm³/mol. The number of halogens is 1. The van der Waals surface area contributed by atoms with Crippen LogP contribution in [0.25, 0.3) is 0 Å². The van der Waals surface area contributed by atoms with Crippen LogP contribution in [-0.2, 0) is 4.79 Å². The third kappa shape index (κ3) is 2.37. The molecule has 1 amide bonds. The van der Waals surface area contributed by atoms with Gasteiger partial charge in [-0.25, -0.2) is 9.78 Å². The van der Waals surface area contributed by atoms with Crippen LogP contribution in [-0.4, -0.2) is 50.7 Å². The fraction of sp³-hybridized carbons (Fsp3) is 0.364. The molecule has 0 saturated carbocycles. The standard InChI is InChI=1S/C11H11BrN2O4/c12-9-7(2-1-3-13-9)10(16)14-5-6(15)4-8(14)11(17)18/h1-3,6,8,15H,4-5H2,(H,17,18)/t6-,8-/m0/s1.